The maximum absolute atomic E-state index is 15.8. The molecule has 2 unspecified atom stereocenters. The highest BCUT2D eigenvalue weighted by molar-refractivity contribution is 9.10. The van der Waals surface area contributed by atoms with Crippen molar-refractivity contribution in [3.8, 4) is 11.6 Å². The lowest BCUT2D eigenvalue weighted by atomic mass is 10.1. The number of rotatable bonds is 7. The van der Waals surface area contributed by atoms with Crippen LogP contribution in [0.4, 0.5) is 10.3 Å². The first-order chi connectivity index (χ1) is 18.4. The smallest absolute Gasteiger partial charge is 0.379 e. The Morgan fingerprint density at radius 3 is 2.90 bits per heavy atom. The van der Waals surface area contributed by atoms with Gasteiger partial charge in [0.2, 0.25) is 16.4 Å². The van der Waals surface area contributed by atoms with E-state index in [0.717, 1.165) is 0 Å². The van der Waals surface area contributed by atoms with Crippen molar-refractivity contribution >= 4 is 46.6 Å². The van der Waals surface area contributed by atoms with E-state index in [0.29, 0.717) is 23.2 Å². The molecule has 5 rings (SSSR count). The molecule has 0 aromatic carbocycles. The molecular formula is C22H25BrFN6O8P. The molecule has 3 aromatic heterocycles. The quantitative estimate of drug-likeness (QED) is 0.220. The SMILES string of the molecule is COc1nc(N)nc2c1ncn2[C@@H]1O[C@H](COP2(=O)CCc3c(COC(C)=O)cnc(C)c3O2)C(O)[C@]1(F)Br. The average Bonchev–Trinajstić information content (AvgIpc) is 3.39. The van der Waals surface area contributed by atoms with Crippen LogP contribution in [0.25, 0.3) is 11.2 Å². The third-order valence-corrected chi connectivity index (χ3v) is 9.00. The van der Waals surface area contributed by atoms with Crippen LogP contribution in [0.15, 0.2) is 12.5 Å². The maximum atomic E-state index is 15.8. The minimum absolute atomic E-state index is 0.00000146. The second-order valence-corrected chi connectivity index (χ2v) is 12.3. The van der Waals surface area contributed by atoms with Gasteiger partial charge in [-0.15, -0.1) is 0 Å². The molecule has 5 atom stereocenters. The largest absolute Gasteiger partial charge is 0.479 e. The van der Waals surface area contributed by atoms with E-state index in [2.05, 4.69) is 35.9 Å². The van der Waals surface area contributed by atoms with Crippen LogP contribution >= 0.6 is 23.5 Å². The van der Waals surface area contributed by atoms with Gasteiger partial charge in [0.05, 0.1) is 31.9 Å². The van der Waals surface area contributed by atoms with Gasteiger partial charge in [0.15, 0.2) is 23.1 Å². The molecule has 17 heteroatoms. The number of halogens is 2. The molecular weight excluding hydrogens is 606 g/mol. The number of anilines is 1. The van der Waals surface area contributed by atoms with Gasteiger partial charge in [-0.1, -0.05) is 0 Å². The highest BCUT2D eigenvalue weighted by Crippen LogP contribution is 2.55. The predicted molar refractivity (Wildman–Crippen MR) is 136 cm³/mol. The van der Waals surface area contributed by atoms with Gasteiger partial charge in [0.25, 0.3) is 0 Å². The summed E-state index contributed by atoms with van der Waals surface area (Å²) in [7, 11) is -2.36. The highest BCUT2D eigenvalue weighted by atomic mass is 79.9. The van der Waals surface area contributed by atoms with E-state index >= 15 is 4.39 Å². The van der Waals surface area contributed by atoms with Gasteiger partial charge in [-0.2, -0.15) is 9.97 Å². The number of hydrogen-bond acceptors (Lipinski definition) is 13. The predicted octanol–water partition coefficient (Wildman–Crippen LogP) is 2.35. The fourth-order valence-corrected chi connectivity index (χ4v) is 6.70. The molecule has 0 aliphatic carbocycles. The Morgan fingerprint density at radius 2 is 2.18 bits per heavy atom. The van der Waals surface area contributed by atoms with Crippen molar-refractivity contribution in [2.75, 3.05) is 25.6 Å². The number of aryl methyl sites for hydroxylation is 1. The van der Waals surface area contributed by atoms with Crippen LogP contribution in [0.2, 0.25) is 0 Å². The summed E-state index contributed by atoms with van der Waals surface area (Å²) < 4.78 is 55.4. The van der Waals surface area contributed by atoms with E-state index in [9.17, 15) is 14.5 Å². The van der Waals surface area contributed by atoms with E-state index in [1.165, 1.54) is 24.9 Å². The van der Waals surface area contributed by atoms with Crippen LogP contribution in [-0.2, 0) is 36.4 Å². The fraction of sp³-hybridized carbons (Fsp3) is 0.500. The number of methoxy groups -OCH3 is 1. The number of nitrogens with two attached hydrogens (primary N) is 1. The number of fused-ring (bicyclic) bond motifs is 2. The summed E-state index contributed by atoms with van der Waals surface area (Å²) in [6, 6.07) is 0. The first-order valence-electron chi connectivity index (χ1n) is 11.7. The molecule has 0 bridgehead atoms. The zero-order valence-electron chi connectivity index (χ0n) is 21.0. The Hall–Kier alpha value is -2.91. The van der Waals surface area contributed by atoms with Gasteiger partial charge in [-0.25, -0.2) is 13.9 Å². The third kappa shape index (κ3) is 5.07. The summed E-state index contributed by atoms with van der Waals surface area (Å²) >= 11 is 2.92. The molecule has 5 heterocycles. The number of pyridine rings is 1. The summed E-state index contributed by atoms with van der Waals surface area (Å²) in [4.78, 5) is 27.7. The highest BCUT2D eigenvalue weighted by Gasteiger charge is 2.57. The van der Waals surface area contributed by atoms with Crippen LogP contribution < -0.4 is 15.0 Å². The van der Waals surface area contributed by atoms with Crippen LogP contribution in [-0.4, -0.2) is 72.2 Å². The lowest BCUT2D eigenvalue weighted by Crippen LogP contribution is -2.38. The van der Waals surface area contributed by atoms with Gasteiger partial charge in [-0.05, 0) is 29.3 Å². The maximum Gasteiger partial charge on any atom is 0.379 e. The molecule has 1 saturated heterocycles. The summed E-state index contributed by atoms with van der Waals surface area (Å²) in [5.74, 6) is -0.219. The average molecular weight is 631 g/mol. The minimum Gasteiger partial charge on any atom is -0.479 e. The number of nitrogens with zero attached hydrogens (tertiary/aromatic N) is 5. The zero-order chi connectivity index (χ0) is 28.1. The molecule has 14 nitrogen and oxygen atoms in total. The second-order valence-electron chi connectivity index (χ2n) is 8.99. The standard InChI is InChI=1S/C22H25BrFN6O8P/c1-10-16-13(12(6-26-10)7-35-11(2)31)4-5-39(33,38-16)36-8-14-17(32)22(23,24)20(37-14)30-9-27-15-18(30)28-21(25)29-19(15)34-3/h6,9,14,17,20,32H,4-5,7-8H2,1-3H3,(H2,25,28,29)/t14-,17?,20-,22-,39?/m1/s1. The number of nitrogen functional groups attached to an aromatic ring is 1. The zero-order valence-corrected chi connectivity index (χ0v) is 23.5. The van der Waals surface area contributed by atoms with Crippen LogP contribution in [0, 0.1) is 6.92 Å². The van der Waals surface area contributed by atoms with Gasteiger partial charge in [-0.3, -0.25) is 18.9 Å². The van der Waals surface area contributed by atoms with Crippen molar-refractivity contribution in [2.24, 2.45) is 0 Å². The van der Waals surface area contributed by atoms with E-state index < -0.39 is 43.2 Å². The molecule has 3 N–H and O–H groups in total. The molecule has 2 aliphatic rings. The number of hydrogen-bond donors (Lipinski definition) is 2. The lowest BCUT2D eigenvalue weighted by molar-refractivity contribution is -0.142. The molecule has 0 amide bonds. The van der Waals surface area contributed by atoms with Crippen molar-refractivity contribution in [3.63, 3.8) is 0 Å². The van der Waals surface area contributed by atoms with Crippen molar-refractivity contribution in [3.05, 3.63) is 29.3 Å². The molecule has 0 radical (unpaired) electrons. The Kier molecular flexibility index (Phi) is 7.26. The molecule has 3 aromatic rings. The minimum atomic E-state index is -3.74. The number of imidazole rings is 1. The molecule has 2 aliphatic heterocycles. The van der Waals surface area contributed by atoms with Crippen LogP contribution in [0.3, 0.4) is 0 Å². The number of aromatic nitrogens is 5. The Labute approximate surface area is 229 Å². The topological polar surface area (TPSA) is 183 Å². The number of ether oxygens (including phenoxy) is 3. The van der Waals surface area contributed by atoms with Gasteiger partial charge < -0.3 is 29.6 Å². The summed E-state index contributed by atoms with van der Waals surface area (Å²) in [6.07, 6.45) is -1.30. The molecule has 0 spiro atoms. The molecule has 210 valence electrons. The number of carbonyl (C=O) groups is 1. The normalized spacial score (nSPS) is 28.2. The van der Waals surface area contributed by atoms with E-state index in [1.807, 2.05) is 0 Å². The molecule has 1 fully saturated rings. The first kappa shape index (κ1) is 27.6. The Balaban J connectivity index is 1.33. The van der Waals surface area contributed by atoms with Crippen molar-refractivity contribution < 1.29 is 42.1 Å². The Morgan fingerprint density at radius 1 is 1.41 bits per heavy atom. The second kappa shape index (κ2) is 10.2. The fourth-order valence-electron chi connectivity index (χ4n) is 4.41. The van der Waals surface area contributed by atoms with Crippen molar-refractivity contribution in [2.45, 2.75) is 49.9 Å². The van der Waals surface area contributed by atoms with Gasteiger partial charge >= 0.3 is 13.6 Å². The molecule has 39 heavy (non-hydrogen) atoms. The van der Waals surface area contributed by atoms with Gasteiger partial charge in [0.1, 0.15) is 18.8 Å². The number of esters is 1. The number of aliphatic hydroxyl groups is 1. The summed E-state index contributed by atoms with van der Waals surface area (Å²) in [5, 5.41) is 10.7. The first-order valence-corrected chi connectivity index (χ1v) is 14.2. The van der Waals surface area contributed by atoms with E-state index in [-0.39, 0.29) is 41.5 Å². The Bertz CT molecular complexity index is 1490. The summed E-state index contributed by atoms with van der Waals surface area (Å²) in [6.45, 7) is 2.53. The monoisotopic (exact) mass is 630 g/mol. The van der Waals surface area contributed by atoms with Gasteiger partial charge in [0, 0.05) is 24.2 Å². The van der Waals surface area contributed by atoms with Crippen molar-refractivity contribution in [1.82, 2.24) is 24.5 Å². The molecule has 0 saturated carbocycles. The number of alkyl halides is 2. The van der Waals surface area contributed by atoms with E-state index in [4.69, 9.17) is 29.0 Å². The number of carbonyl (C=O) groups excluding carboxylic acids is 1. The number of aliphatic hydroxyl groups excluding tert-OH is 1. The third-order valence-electron chi connectivity index (χ3n) is 6.37. The van der Waals surface area contributed by atoms with Crippen LogP contribution in [0.5, 0.6) is 11.6 Å². The van der Waals surface area contributed by atoms with Crippen molar-refractivity contribution in [1.29, 1.82) is 0 Å². The lowest BCUT2D eigenvalue weighted by Gasteiger charge is -2.28. The van der Waals surface area contributed by atoms with Crippen LogP contribution in [0.1, 0.15) is 30.0 Å². The summed E-state index contributed by atoms with van der Waals surface area (Å²) in [5.41, 5.74) is 7.89. The van der Waals surface area contributed by atoms with E-state index in [1.54, 1.807) is 13.1 Å².